The Balaban J connectivity index is 1.58. The van der Waals surface area contributed by atoms with E-state index in [1.165, 1.54) is 27.1 Å². The average molecular weight is 300 g/mol. The molecule has 8 saturated carbocycles. The lowest BCUT2D eigenvalue weighted by Crippen LogP contribution is -2.61. The highest BCUT2D eigenvalue weighted by Gasteiger charge is 3.03. The fourth-order valence-electron chi connectivity index (χ4n) is 10.0. The van der Waals surface area contributed by atoms with Crippen molar-refractivity contribution < 1.29 is 19.1 Å². The van der Waals surface area contributed by atoms with Gasteiger partial charge in [0.25, 0.3) is 0 Å². The minimum absolute atomic E-state index is 0.0684. The van der Waals surface area contributed by atoms with Gasteiger partial charge in [-0.05, 0) is 72.0 Å². The molecular formula is C18H20O4. The molecule has 4 nitrogen and oxygen atoms in total. The fraction of sp³-hybridized carbons (Fsp3) is 0.889. The van der Waals surface area contributed by atoms with Crippen molar-refractivity contribution in [1.29, 1.82) is 0 Å². The summed E-state index contributed by atoms with van der Waals surface area (Å²) in [6.07, 6.45) is 2.48. The maximum Gasteiger partial charge on any atom is 0.313 e. The lowest BCUT2D eigenvalue weighted by molar-refractivity contribution is -0.195. The summed E-state index contributed by atoms with van der Waals surface area (Å²) in [7, 11) is 3.03. The molecule has 0 heterocycles. The van der Waals surface area contributed by atoms with E-state index in [1.807, 2.05) is 0 Å². The highest BCUT2D eigenvalue weighted by Crippen LogP contribution is 3.01. The molecule has 8 aliphatic rings. The van der Waals surface area contributed by atoms with Crippen LogP contribution in [-0.2, 0) is 19.1 Å². The van der Waals surface area contributed by atoms with Gasteiger partial charge in [-0.1, -0.05) is 0 Å². The number of hydrogen-bond donors (Lipinski definition) is 0. The van der Waals surface area contributed by atoms with Gasteiger partial charge in [0.2, 0.25) is 0 Å². The van der Waals surface area contributed by atoms with E-state index in [2.05, 4.69) is 0 Å². The maximum absolute atomic E-state index is 13.1. The van der Waals surface area contributed by atoms with Gasteiger partial charge in [0.1, 0.15) is 0 Å². The number of esters is 2. The molecule has 4 heteroatoms. The van der Waals surface area contributed by atoms with Crippen LogP contribution in [-0.4, -0.2) is 26.2 Å². The molecule has 0 amide bonds. The molecule has 0 radical (unpaired) electrons. The predicted octanol–water partition coefficient (Wildman–Crippen LogP) is 1.34. The lowest BCUT2D eigenvalue weighted by atomic mass is 9.50. The summed E-state index contributed by atoms with van der Waals surface area (Å²) in [5, 5.41) is 0. The number of hydrogen-bond acceptors (Lipinski definition) is 4. The standard InChI is InChI=1S/C18H20O4/c1-21-15(19)17-11-5-3-7(5)13-9(11)10-12(17)6-4-8(6)14(10)18(13,17)16(20)22-2/h5-14H,3-4H2,1-2H3/t5-,6-,7+,8+,9?,10?,11-,12+,13-,14-,17?,18?/m0/s1. The van der Waals surface area contributed by atoms with Crippen LogP contribution in [0.3, 0.4) is 0 Å². The van der Waals surface area contributed by atoms with Crippen LogP contribution in [0.2, 0.25) is 0 Å². The fourth-order valence-corrected chi connectivity index (χ4v) is 10.0. The summed E-state index contributed by atoms with van der Waals surface area (Å²) in [6.45, 7) is 0. The van der Waals surface area contributed by atoms with Crippen LogP contribution in [0.25, 0.3) is 0 Å². The summed E-state index contributed by atoms with van der Waals surface area (Å²) in [5.41, 5.74) is -1.01. The van der Waals surface area contributed by atoms with E-state index in [9.17, 15) is 9.59 Å². The zero-order chi connectivity index (χ0) is 14.8. The van der Waals surface area contributed by atoms with E-state index in [4.69, 9.17) is 9.47 Å². The van der Waals surface area contributed by atoms with Crippen LogP contribution in [0.5, 0.6) is 0 Å². The van der Waals surface area contributed by atoms with E-state index in [1.54, 1.807) is 0 Å². The Kier molecular flexibility index (Phi) is 1.44. The van der Waals surface area contributed by atoms with Gasteiger partial charge in [-0.2, -0.15) is 0 Å². The Bertz CT molecular complexity index is 593. The van der Waals surface area contributed by atoms with Gasteiger partial charge in [0, 0.05) is 0 Å². The Hall–Kier alpha value is -1.06. The Morgan fingerprint density at radius 1 is 0.727 bits per heavy atom. The third-order valence-corrected chi connectivity index (χ3v) is 9.56. The van der Waals surface area contributed by atoms with Gasteiger partial charge >= 0.3 is 11.9 Å². The number of rotatable bonds is 2. The number of ether oxygens (including phenoxy) is 2. The molecule has 0 saturated heterocycles. The van der Waals surface area contributed by atoms with Crippen molar-refractivity contribution in [2.75, 3.05) is 14.2 Å². The first kappa shape index (κ1) is 11.5. The first-order valence-corrected chi connectivity index (χ1v) is 8.84. The highest BCUT2D eigenvalue weighted by atomic mass is 16.5. The van der Waals surface area contributed by atoms with Crippen molar-refractivity contribution in [2.45, 2.75) is 12.8 Å². The third-order valence-electron chi connectivity index (χ3n) is 9.56. The summed E-state index contributed by atoms with van der Waals surface area (Å²) in [4.78, 5) is 26.3. The van der Waals surface area contributed by atoms with Crippen molar-refractivity contribution in [2.24, 2.45) is 70.0 Å². The van der Waals surface area contributed by atoms with Crippen molar-refractivity contribution in [1.82, 2.24) is 0 Å². The normalized spacial score (nSPS) is 71.5. The monoisotopic (exact) mass is 300 g/mol. The van der Waals surface area contributed by atoms with Crippen LogP contribution in [0.15, 0.2) is 0 Å². The topological polar surface area (TPSA) is 52.6 Å². The van der Waals surface area contributed by atoms with Gasteiger partial charge in [-0.25, -0.2) is 0 Å². The predicted molar refractivity (Wildman–Crippen MR) is 73.0 cm³/mol. The number of methoxy groups -OCH3 is 2. The molecule has 0 aliphatic heterocycles. The van der Waals surface area contributed by atoms with Gasteiger partial charge in [0.15, 0.2) is 0 Å². The molecule has 0 spiro atoms. The molecule has 0 aromatic carbocycles. The van der Waals surface area contributed by atoms with Crippen molar-refractivity contribution in [3.8, 4) is 0 Å². The van der Waals surface area contributed by atoms with E-state index in [-0.39, 0.29) is 11.9 Å². The van der Waals surface area contributed by atoms with E-state index in [0.29, 0.717) is 59.2 Å². The largest absolute Gasteiger partial charge is 0.469 e. The molecular weight excluding hydrogens is 280 g/mol. The Labute approximate surface area is 128 Å². The third kappa shape index (κ3) is 0.662. The molecule has 0 aromatic rings. The SMILES string of the molecule is COC(=O)C12[C@@H]3C4C5[C@@H]1[C@@H]1C[C@@H]1[C@H]5C2(C(=O)OC)[C@H]4[C@H]1C[C@H]13. The average Bonchev–Trinajstić information content (AvgIpc) is 3.32. The van der Waals surface area contributed by atoms with Crippen LogP contribution in [0.4, 0.5) is 0 Å². The Morgan fingerprint density at radius 3 is 1.32 bits per heavy atom. The van der Waals surface area contributed by atoms with E-state index < -0.39 is 10.8 Å². The van der Waals surface area contributed by atoms with E-state index in [0.717, 1.165) is 0 Å². The highest BCUT2D eigenvalue weighted by molar-refractivity contribution is 5.95. The zero-order valence-corrected chi connectivity index (χ0v) is 12.8. The van der Waals surface area contributed by atoms with Gasteiger partial charge in [0.05, 0.1) is 25.0 Å². The van der Waals surface area contributed by atoms with Crippen LogP contribution >= 0.6 is 0 Å². The number of carbonyl (C=O) groups excluding carboxylic acids is 2. The van der Waals surface area contributed by atoms with Crippen molar-refractivity contribution >= 4 is 11.9 Å². The molecule has 0 N–H and O–H groups in total. The Morgan fingerprint density at radius 2 is 1.05 bits per heavy atom. The molecule has 8 bridgehead atoms. The van der Waals surface area contributed by atoms with E-state index >= 15 is 0 Å². The number of carbonyl (C=O) groups is 2. The lowest BCUT2D eigenvalue weighted by Gasteiger charge is -2.51. The second-order valence-electron chi connectivity index (χ2n) is 9.11. The maximum atomic E-state index is 13.1. The first-order chi connectivity index (χ1) is 10.7. The minimum Gasteiger partial charge on any atom is -0.469 e. The molecule has 12 atom stereocenters. The van der Waals surface area contributed by atoms with Gasteiger partial charge < -0.3 is 9.47 Å². The summed E-state index contributed by atoms with van der Waals surface area (Å²) < 4.78 is 10.7. The van der Waals surface area contributed by atoms with Crippen molar-refractivity contribution in [3.05, 3.63) is 0 Å². The summed E-state index contributed by atoms with van der Waals surface area (Å²) in [6, 6.07) is 0. The molecule has 8 rings (SSSR count). The molecule has 4 unspecified atom stereocenters. The smallest absolute Gasteiger partial charge is 0.313 e. The molecule has 22 heavy (non-hydrogen) atoms. The zero-order valence-electron chi connectivity index (χ0n) is 12.8. The van der Waals surface area contributed by atoms with Crippen molar-refractivity contribution in [3.63, 3.8) is 0 Å². The second kappa shape index (κ2) is 2.76. The summed E-state index contributed by atoms with van der Waals surface area (Å²) in [5.74, 6) is 5.67. The van der Waals surface area contributed by atoms with Crippen LogP contribution in [0.1, 0.15) is 12.8 Å². The number of fused-ring (bicyclic) bond motifs is 2. The second-order valence-corrected chi connectivity index (χ2v) is 9.11. The van der Waals surface area contributed by atoms with Crippen LogP contribution in [0, 0.1) is 70.0 Å². The molecule has 8 fully saturated rings. The quantitative estimate of drug-likeness (QED) is 0.722. The minimum atomic E-state index is -0.505. The molecule has 0 aromatic heterocycles. The van der Waals surface area contributed by atoms with Gasteiger partial charge in [-0.3, -0.25) is 9.59 Å². The summed E-state index contributed by atoms with van der Waals surface area (Å²) >= 11 is 0. The molecule has 116 valence electrons. The van der Waals surface area contributed by atoms with Crippen LogP contribution < -0.4 is 0 Å². The molecule has 8 aliphatic carbocycles. The first-order valence-electron chi connectivity index (χ1n) is 8.84. The van der Waals surface area contributed by atoms with Gasteiger partial charge in [-0.15, -0.1) is 0 Å².